The van der Waals surface area contributed by atoms with E-state index in [9.17, 15) is 9.59 Å². The molecule has 0 aliphatic carbocycles. The molecule has 120 valence electrons. The first-order valence-electron chi connectivity index (χ1n) is 6.59. The summed E-state index contributed by atoms with van der Waals surface area (Å²) in [4.78, 5) is 22.8. The molecule has 0 N–H and O–H groups in total. The molecule has 0 atom stereocenters. The molecular weight excluding hydrogens is 357 g/mol. The third-order valence-corrected chi connectivity index (χ3v) is 14.5. The summed E-state index contributed by atoms with van der Waals surface area (Å²) in [5, 5.41) is 0.190. The fourth-order valence-corrected chi connectivity index (χ4v) is 11.3. The third kappa shape index (κ3) is 11.6. The molecule has 0 aromatic rings. The zero-order valence-electron chi connectivity index (χ0n) is 13.2. The minimum absolute atomic E-state index is 0.0948. The Labute approximate surface area is 146 Å². The van der Waals surface area contributed by atoms with E-state index in [1.54, 1.807) is 13.8 Å². The van der Waals surface area contributed by atoms with Crippen molar-refractivity contribution in [3.63, 3.8) is 0 Å². The van der Waals surface area contributed by atoms with E-state index in [4.69, 9.17) is 0 Å². The van der Waals surface area contributed by atoms with Gasteiger partial charge in [0.15, 0.2) is 6.37 Å². The normalized spacial score (nSPS) is 11.2. The molecule has 0 radical (unpaired) electrons. The zero-order valence-corrected chi connectivity index (χ0v) is 17.5. The topological polar surface area (TPSA) is 34.1 Å². The Morgan fingerprint density at radius 2 is 1.14 bits per heavy atom. The van der Waals surface area contributed by atoms with E-state index < -0.39 is 6.37 Å². The van der Waals surface area contributed by atoms with Crippen molar-refractivity contribution in [3.05, 3.63) is 24.3 Å². The lowest BCUT2D eigenvalue weighted by atomic mass is 10.4. The second kappa shape index (κ2) is 11.0. The van der Waals surface area contributed by atoms with E-state index in [1.165, 1.54) is 23.5 Å². The van der Waals surface area contributed by atoms with E-state index in [-0.39, 0.29) is 10.2 Å². The van der Waals surface area contributed by atoms with Crippen LogP contribution in [0.5, 0.6) is 0 Å². The van der Waals surface area contributed by atoms with Gasteiger partial charge in [-0.25, -0.2) is 0 Å². The molecule has 0 unspecified atom stereocenters. The molecule has 0 saturated carbocycles. The molecular formula is C14H24O2S4Si. The fraction of sp³-hybridized carbons (Fsp3) is 0.571. The zero-order chi connectivity index (χ0) is 16.5. The van der Waals surface area contributed by atoms with Crippen LogP contribution in [0, 0.1) is 0 Å². The lowest BCUT2D eigenvalue weighted by molar-refractivity contribution is -0.108. The summed E-state index contributed by atoms with van der Waals surface area (Å²) < 4.78 is 0. The van der Waals surface area contributed by atoms with Crippen molar-refractivity contribution < 1.29 is 9.59 Å². The van der Waals surface area contributed by atoms with Crippen LogP contribution < -0.4 is 0 Å². The van der Waals surface area contributed by atoms with Crippen molar-refractivity contribution in [1.82, 2.24) is 0 Å². The van der Waals surface area contributed by atoms with Gasteiger partial charge in [0, 0.05) is 11.5 Å². The van der Waals surface area contributed by atoms with E-state index in [2.05, 4.69) is 26.3 Å². The second-order valence-electron chi connectivity index (χ2n) is 4.93. The maximum atomic E-state index is 11.4. The molecule has 21 heavy (non-hydrogen) atoms. The summed E-state index contributed by atoms with van der Waals surface area (Å²) >= 11 is 6.68. The SMILES string of the molecule is C=C(C)C(=O)SCCS[Si](C)(C)SCCSC(=O)C(=C)C. The molecule has 0 aliphatic heterocycles. The highest BCUT2D eigenvalue weighted by atomic mass is 32.6. The van der Waals surface area contributed by atoms with Crippen molar-refractivity contribution in [1.29, 1.82) is 0 Å². The van der Waals surface area contributed by atoms with E-state index >= 15 is 0 Å². The number of hydrogen-bond donors (Lipinski definition) is 0. The molecule has 0 aliphatic rings. The highest BCUT2D eigenvalue weighted by Crippen LogP contribution is 2.33. The predicted molar refractivity (Wildman–Crippen MR) is 107 cm³/mol. The Bertz CT molecular complexity index is 372. The smallest absolute Gasteiger partial charge is 0.214 e. The van der Waals surface area contributed by atoms with Gasteiger partial charge in [-0.3, -0.25) is 9.59 Å². The molecule has 0 fully saturated rings. The molecule has 0 aromatic carbocycles. The van der Waals surface area contributed by atoms with Crippen LogP contribution in [0.3, 0.4) is 0 Å². The Morgan fingerprint density at radius 3 is 1.43 bits per heavy atom. The fourth-order valence-electron chi connectivity index (χ4n) is 1.13. The molecule has 0 rings (SSSR count). The van der Waals surface area contributed by atoms with Crippen LogP contribution in [0.25, 0.3) is 0 Å². The van der Waals surface area contributed by atoms with Crippen LogP contribution in [-0.4, -0.2) is 39.6 Å². The average Bonchev–Trinajstić information content (AvgIpc) is 2.38. The van der Waals surface area contributed by atoms with Gasteiger partial charge in [-0.1, -0.05) is 49.8 Å². The average molecular weight is 381 g/mol. The number of thioether (sulfide) groups is 2. The monoisotopic (exact) mass is 380 g/mol. The summed E-state index contributed by atoms with van der Waals surface area (Å²) in [6.07, 6.45) is -1.36. The first-order valence-corrected chi connectivity index (χ1v) is 15.0. The van der Waals surface area contributed by atoms with Gasteiger partial charge in [-0.15, -0.1) is 0 Å². The first kappa shape index (κ1) is 21.4. The van der Waals surface area contributed by atoms with Crippen LogP contribution in [0.2, 0.25) is 13.1 Å². The Kier molecular flexibility index (Phi) is 11.3. The van der Waals surface area contributed by atoms with Gasteiger partial charge >= 0.3 is 0 Å². The standard InChI is InChI=1S/C14H24O2S4Si/c1-11(2)13(15)17-7-9-19-21(5,6)20-10-8-18-14(16)12(3)4/h1,3,7-10H2,2,4-6H3. The number of rotatable bonds is 10. The highest BCUT2D eigenvalue weighted by Gasteiger charge is 2.22. The molecule has 0 aromatic heterocycles. The van der Waals surface area contributed by atoms with E-state index in [0.29, 0.717) is 11.1 Å². The third-order valence-electron chi connectivity index (χ3n) is 2.23. The summed E-state index contributed by atoms with van der Waals surface area (Å²) in [6, 6.07) is 0. The van der Waals surface area contributed by atoms with Crippen LogP contribution in [0.1, 0.15) is 13.8 Å². The van der Waals surface area contributed by atoms with Crippen LogP contribution in [-0.2, 0) is 9.59 Å². The van der Waals surface area contributed by atoms with Crippen LogP contribution in [0.4, 0.5) is 0 Å². The minimum Gasteiger partial charge on any atom is -0.282 e. The van der Waals surface area contributed by atoms with Gasteiger partial charge in [-0.2, -0.15) is 22.4 Å². The van der Waals surface area contributed by atoms with Crippen molar-refractivity contribution in [2.45, 2.75) is 26.9 Å². The summed E-state index contributed by atoms with van der Waals surface area (Å²) in [5.41, 5.74) is 1.24. The molecule has 0 heterocycles. The molecule has 0 bridgehead atoms. The Hall–Kier alpha value is 0.437. The number of carbonyl (C=O) groups excluding carboxylic acids is 2. The Balaban J connectivity index is 3.78. The van der Waals surface area contributed by atoms with E-state index in [0.717, 1.165) is 23.0 Å². The molecule has 0 saturated heterocycles. The van der Waals surface area contributed by atoms with Crippen molar-refractivity contribution in [2.24, 2.45) is 0 Å². The van der Waals surface area contributed by atoms with Gasteiger partial charge in [-0.05, 0) is 36.5 Å². The molecule has 2 nitrogen and oxygen atoms in total. The summed E-state index contributed by atoms with van der Waals surface area (Å²) in [6.45, 7) is 15.4. The largest absolute Gasteiger partial charge is 0.282 e. The summed E-state index contributed by atoms with van der Waals surface area (Å²) in [7, 11) is 0. The Morgan fingerprint density at radius 1 is 0.810 bits per heavy atom. The van der Waals surface area contributed by atoms with E-state index in [1.807, 2.05) is 22.4 Å². The van der Waals surface area contributed by atoms with Crippen LogP contribution in [0.15, 0.2) is 24.3 Å². The quantitative estimate of drug-likeness (QED) is 0.307. The maximum Gasteiger partial charge on any atom is 0.214 e. The molecule has 0 spiro atoms. The molecule has 0 amide bonds. The van der Waals surface area contributed by atoms with Gasteiger partial charge in [0.05, 0.1) is 0 Å². The lowest BCUT2D eigenvalue weighted by Crippen LogP contribution is -2.18. The second-order valence-corrected chi connectivity index (χ2v) is 19.9. The minimum atomic E-state index is -1.36. The number of hydrogen-bond acceptors (Lipinski definition) is 6. The van der Waals surface area contributed by atoms with Crippen LogP contribution >= 0.6 is 45.9 Å². The summed E-state index contributed by atoms with van der Waals surface area (Å²) in [5.74, 6) is 3.67. The number of carbonyl (C=O) groups is 2. The van der Waals surface area contributed by atoms with Crippen molar-refractivity contribution >= 4 is 62.5 Å². The van der Waals surface area contributed by atoms with Crippen molar-refractivity contribution in [3.8, 4) is 0 Å². The molecule has 7 heteroatoms. The van der Waals surface area contributed by atoms with Crippen molar-refractivity contribution in [2.75, 3.05) is 23.0 Å². The van der Waals surface area contributed by atoms with Gasteiger partial charge in [0.25, 0.3) is 0 Å². The first-order chi connectivity index (χ1) is 9.65. The van der Waals surface area contributed by atoms with Gasteiger partial charge in [0.1, 0.15) is 0 Å². The highest BCUT2D eigenvalue weighted by molar-refractivity contribution is 8.58. The predicted octanol–water partition coefficient (Wildman–Crippen LogP) is 4.83. The maximum absolute atomic E-state index is 11.4. The van der Waals surface area contributed by atoms with Gasteiger partial charge < -0.3 is 0 Å². The lowest BCUT2D eigenvalue weighted by Gasteiger charge is -2.20. The van der Waals surface area contributed by atoms with Gasteiger partial charge in [0.2, 0.25) is 10.2 Å².